The zero-order valence-electron chi connectivity index (χ0n) is 12.6. The Bertz CT molecular complexity index is 911. The maximum atomic E-state index is 5.83. The summed E-state index contributed by atoms with van der Waals surface area (Å²) in [5.41, 5.74) is 4.34. The maximum Gasteiger partial charge on any atom is 0.119 e. The number of rotatable bonds is 4. The first-order chi connectivity index (χ1) is 11.4. The minimum absolute atomic E-state index is 0.578. The summed E-state index contributed by atoms with van der Waals surface area (Å²) < 4.78 is 7.91. The predicted octanol–water partition coefficient (Wildman–Crippen LogP) is 4.60. The Balaban J connectivity index is 1.54. The van der Waals surface area contributed by atoms with Gasteiger partial charge in [0.1, 0.15) is 18.7 Å². The summed E-state index contributed by atoms with van der Waals surface area (Å²) in [7, 11) is 0. The number of ether oxygens (including phenoxy) is 1. The van der Waals surface area contributed by atoms with Gasteiger partial charge in [0, 0.05) is 5.69 Å². The van der Waals surface area contributed by atoms with Crippen LogP contribution in [-0.4, -0.2) is 9.55 Å². The van der Waals surface area contributed by atoms with E-state index in [-0.39, 0.29) is 0 Å². The largest absolute Gasteiger partial charge is 0.489 e. The molecule has 0 saturated carbocycles. The molecule has 4 rings (SSSR count). The molecule has 1 aromatic heterocycles. The number of fused-ring (bicyclic) bond motifs is 1. The van der Waals surface area contributed by atoms with Gasteiger partial charge in [-0.2, -0.15) is 0 Å². The van der Waals surface area contributed by atoms with Gasteiger partial charge in [-0.25, -0.2) is 4.98 Å². The molecule has 3 heteroatoms. The molecule has 0 spiro atoms. The Morgan fingerprint density at radius 1 is 0.783 bits per heavy atom. The summed E-state index contributed by atoms with van der Waals surface area (Å²) in [5, 5.41) is 0. The van der Waals surface area contributed by atoms with Crippen molar-refractivity contribution in [2.45, 2.75) is 6.61 Å². The van der Waals surface area contributed by atoms with Crippen molar-refractivity contribution in [2.24, 2.45) is 0 Å². The van der Waals surface area contributed by atoms with Crippen LogP contribution in [0.1, 0.15) is 5.56 Å². The molecule has 0 fully saturated rings. The second kappa shape index (κ2) is 5.97. The highest BCUT2D eigenvalue weighted by Crippen LogP contribution is 2.21. The van der Waals surface area contributed by atoms with Crippen LogP contribution in [0.25, 0.3) is 16.7 Å². The van der Waals surface area contributed by atoms with E-state index < -0.39 is 0 Å². The van der Waals surface area contributed by atoms with Crippen molar-refractivity contribution < 1.29 is 4.74 Å². The van der Waals surface area contributed by atoms with E-state index >= 15 is 0 Å². The normalized spacial score (nSPS) is 10.8. The van der Waals surface area contributed by atoms with E-state index in [0.29, 0.717) is 6.61 Å². The Morgan fingerprint density at radius 2 is 1.52 bits per heavy atom. The van der Waals surface area contributed by atoms with E-state index in [1.165, 1.54) is 0 Å². The van der Waals surface area contributed by atoms with Crippen LogP contribution in [0.4, 0.5) is 0 Å². The van der Waals surface area contributed by atoms with Crippen LogP contribution in [0.15, 0.2) is 85.2 Å². The second-order valence-corrected chi connectivity index (χ2v) is 5.37. The Labute approximate surface area is 134 Å². The fourth-order valence-electron chi connectivity index (χ4n) is 2.61. The first-order valence-corrected chi connectivity index (χ1v) is 7.59. The molecule has 3 aromatic carbocycles. The lowest BCUT2D eigenvalue weighted by atomic mass is 10.2. The third-order valence-corrected chi connectivity index (χ3v) is 3.82. The third kappa shape index (κ3) is 2.81. The monoisotopic (exact) mass is 300 g/mol. The SMILES string of the molecule is c1ccc(COc2ccc(-n3cnc4ccccc43)cc2)cc1. The van der Waals surface area contributed by atoms with Gasteiger partial charge in [0.05, 0.1) is 11.0 Å². The summed E-state index contributed by atoms with van der Waals surface area (Å²) in [4.78, 5) is 4.43. The number of nitrogens with zero attached hydrogens (tertiary/aromatic N) is 2. The highest BCUT2D eigenvalue weighted by atomic mass is 16.5. The van der Waals surface area contributed by atoms with Crippen LogP contribution in [0.2, 0.25) is 0 Å². The smallest absolute Gasteiger partial charge is 0.119 e. The molecule has 0 N–H and O–H groups in total. The van der Waals surface area contributed by atoms with Gasteiger partial charge in [0.2, 0.25) is 0 Å². The first-order valence-electron chi connectivity index (χ1n) is 7.59. The van der Waals surface area contributed by atoms with Gasteiger partial charge >= 0.3 is 0 Å². The summed E-state index contributed by atoms with van der Waals surface area (Å²) in [6.07, 6.45) is 1.85. The van der Waals surface area contributed by atoms with E-state index in [0.717, 1.165) is 28.0 Å². The van der Waals surface area contributed by atoms with Gasteiger partial charge in [-0.15, -0.1) is 0 Å². The average Bonchev–Trinajstić information content (AvgIpc) is 3.05. The van der Waals surface area contributed by atoms with Crippen molar-refractivity contribution in [1.29, 1.82) is 0 Å². The molecular formula is C20H16N2O. The van der Waals surface area contributed by atoms with E-state index in [2.05, 4.69) is 39.9 Å². The van der Waals surface area contributed by atoms with Crippen molar-refractivity contribution in [3.05, 3.63) is 90.8 Å². The maximum absolute atomic E-state index is 5.83. The predicted molar refractivity (Wildman–Crippen MR) is 91.8 cm³/mol. The van der Waals surface area contributed by atoms with E-state index in [1.807, 2.05) is 54.9 Å². The van der Waals surface area contributed by atoms with Gasteiger partial charge in [-0.3, -0.25) is 4.57 Å². The van der Waals surface area contributed by atoms with Crippen molar-refractivity contribution in [3.8, 4) is 11.4 Å². The van der Waals surface area contributed by atoms with Crippen molar-refractivity contribution >= 4 is 11.0 Å². The number of imidazole rings is 1. The Morgan fingerprint density at radius 3 is 2.35 bits per heavy atom. The number of aromatic nitrogens is 2. The van der Waals surface area contributed by atoms with Gasteiger partial charge in [0.25, 0.3) is 0 Å². The molecule has 0 saturated heterocycles. The fraction of sp³-hybridized carbons (Fsp3) is 0.0500. The molecule has 0 amide bonds. The summed E-state index contributed by atoms with van der Waals surface area (Å²) in [5.74, 6) is 0.863. The highest BCUT2D eigenvalue weighted by molar-refractivity contribution is 5.77. The molecule has 0 aliphatic heterocycles. The molecule has 112 valence electrons. The van der Waals surface area contributed by atoms with Crippen LogP contribution >= 0.6 is 0 Å². The molecule has 1 heterocycles. The minimum Gasteiger partial charge on any atom is -0.489 e. The molecular weight excluding hydrogens is 284 g/mol. The average molecular weight is 300 g/mol. The number of hydrogen-bond acceptors (Lipinski definition) is 2. The molecule has 4 aromatic rings. The molecule has 23 heavy (non-hydrogen) atoms. The third-order valence-electron chi connectivity index (χ3n) is 3.82. The van der Waals surface area contributed by atoms with Crippen molar-refractivity contribution in [2.75, 3.05) is 0 Å². The molecule has 0 unspecified atom stereocenters. The fourth-order valence-corrected chi connectivity index (χ4v) is 2.61. The van der Waals surface area contributed by atoms with Gasteiger partial charge in [0.15, 0.2) is 0 Å². The first kappa shape index (κ1) is 13.6. The van der Waals surface area contributed by atoms with Gasteiger partial charge in [-0.1, -0.05) is 42.5 Å². The van der Waals surface area contributed by atoms with E-state index in [1.54, 1.807) is 0 Å². The molecule has 3 nitrogen and oxygen atoms in total. The number of benzene rings is 3. The van der Waals surface area contributed by atoms with Crippen LogP contribution in [0, 0.1) is 0 Å². The van der Waals surface area contributed by atoms with Crippen molar-refractivity contribution in [1.82, 2.24) is 9.55 Å². The van der Waals surface area contributed by atoms with E-state index in [4.69, 9.17) is 4.74 Å². The summed E-state index contributed by atoms with van der Waals surface area (Å²) in [6, 6.07) is 26.4. The Kier molecular flexibility index (Phi) is 3.53. The lowest BCUT2D eigenvalue weighted by Crippen LogP contribution is -1.96. The van der Waals surface area contributed by atoms with Crippen LogP contribution < -0.4 is 4.74 Å². The molecule has 0 bridgehead atoms. The van der Waals surface area contributed by atoms with Crippen molar-refractivity contribution in [3.63, 3.8) is 0 Å². The van der Waals surface area contributed by atoms with Crippen LogP contribution in [0.5, 0.6) is 5.75 Å². The van der Waals surface area contributed by atoms with Gasteiger partial charge in [-0.05, 0) is 42.0 Å². The van der Waals surface area contributed by atoms with E-state index in [9.17, 15) is 0 Å². The molecule has 0 aliphatic rings. The zero-order chi connectivity index (χ0) is 15.5. The minimum atomic E-state index is 0.578. The molecule has 0 aliphatic carbocycles. The van der Waals surface area contributed by atoms with Crippen LogP contribution in [-0.2, 0) is 6.61 Å². The zero-order valence-corrected chi connectivity index (χ0v) is 12.6. The summed E-state index contributed by atoms with van der Waals surface area (Å²) in [6.45, 7) is 0.578. The lowest BCUT2D eigenvalue weighted by Gasteiger charge is -2.08. The molecule has 0 radical (unpaired) electrons. The van der Waals surface area contributed by atoms with Crippen LogP contribution in [0.3, 0.4) is 0 Å². The summed E-state index contributed by atoms with van der Waals surface area (Å²) >= 11 is 0. The number of hydrogen-bond donors (Lipinski definition) is 0. The van der Waals surface area contributed by atoms with Gasteiger partial charge < -0.3 is 4.74 Å². The Hall–Kier alpha value is -3.07. The highest BCUT2D eigenvalue weighted by Gasteiger charge is 2.04. The standard InChI is InChI=1S/C20H16N2O/c1-2-6-16(7-3-1)14-23-18-12-10-17(11-13-18)22-15-21-19-8-4-5-9-20(19)22/h1-13,15H,14H2. The topological polar surface area (TPSA) is 27.1 Å². The lowest BCUT2D eigenvalue weighted by molar-refractivity contribution is 0.306. The number of para-hydroxylation sites is 2. The quantitative estimate of drug-likeness (QED) is 0.550. The molecule has 0 atom stereocenters. The second-order valence-electron chi connectivity index (χ2n) is 5.37.